The van der Waals surface area contributed by atoms with Crippen molar-refractivity contribution in [1.82, 2.24) is 14.9 Å². The van der Waals surface area contributed by atoms with Crippen LogP contribution in [0, 0.1) is 0 Å². The summed E-state index contributed by atoms with van der Waals surface area (Å²) in [5, 5.41) is 0. The Hall–Kier alpha value is -3.26. The molecule has 2 aliphatic heterocycles. The zero-order chi connectivity index (χ0) is 25.3. The lowest BCUT2D eigenvalue weighted by Gasteiger charge is -2.34. The maximum Gasteiger partial charge on any atom is 0.416 e. The van der Waals surface area contributed by atoms with E-state index in [4.69, 9.17) is 0 Å². The molecule has 0 amide bonds. The van der Waals surface area contributed by atoms with Crippen LogP contribution in [0.5, 0.6) is 0 Å². The molecule has 1 saturated heterocycles. The van der Waals surface area contributed by atoms with Crippen molar-refractivity contribution < 1.29 is 18.0 Å². The molecular formula is C28H29F3N4O. The fourth-order valence-corrected chi connectivity index (χ4v) is 5.35. The molecule has 5 rings (SSSR count). The normalized spacial score (nSPS) is 18.3. The average Bonchev–Trinajstić information content (AvgIpc) is 3.36. The quantitative estimate of drug-likeness (QED) is 0.415. The third-order valence-electron chi connectivity index (χ3n) is 7.11. The summed E-state index contributed by atoms with van der Waals surface area (Å²) in [4.78, 5) is 25.8. The molecule has 5 nitrogen and oxygen atoms in total. The molecule has 0 radical (unpaired) electrons. The maximum atomic E-state index is 13.6. The SMILES string of the molecule is CC1CN(c2cncnc2)Cc2cc(C(=O)Cc3cc(CN4CCCC4)cc(C(F)(F)F)c3)ccc21. The highest BCUT2D eigenvalue weighted by molar-refractivity contribution is 5.97. The Balaban J connectivity index is 1.38. The predicted molar refractivity (Wildman–Crippen MR) is 132 cm³/mol. The topological polar surface area (TPSA) is 49.3 Å². The second-order valence-corrected chi connectivity index (χ2v) is 9.91. The molecule has 8 heteroatoms. The monoisotopic (exact) mass is 494 g/mol. The van der Waals surface area contributed by atoms with Gasteiger partial charge in [-0.25, -0.2) is 9.97 Å². The number of rotatable bonds is 6. The van der Waals surface area contributed by atoms with E-state index in [1.54, 1.807) is 24.5 Å². The molecule has 0 aliphatic carbocycles. The first-order chi connectivity index (χ1) is 17.3. The molecule has 1 atom stereocenters. The number of carbonyl (C=O) groups excluding carboxylic acids is 1. The van der Waals surface area contributed by atoms with Gasteiger partial charge in [-0.2, -0.15) is 13.2 Å². The molecule has 1 aromatic heterocycles. The Bertz CT molecular complexity index is 1240. The Morgan fingerprint density at radius 1 is 1.03 bits per heavy atom. The van der Waals surface area contributed by atoms with Crippen molar-refractivity contribution in [3.05, 3.63) is 88.5 Å². The van der Waals surface area contributed by atoms with Crippen molar-refractivity contribution in [2.24, 2.45) is 0 Å². The Kier molecular flexibility index (Phi) is 6.79. The number of hydrogen-bond acceptors (Lipinski definition) is 5. The maximum absolute atomic E-state index is 13.6. The smallest absolute Gasteiger partial charge is 0.364 e. The molecule has 3 aromatic rings. The summed E-state index contributed by atoms with van der Waals surface area (Å²) >= 11 is 0. The number of carbonyl (C=O) groups is 1. The van der Waals surface area contributed by atoms with Gasteiger partial charge >= 0.3 is 6.18 Å². The highest BCUT2D eigenvalue weighted by atomic mass is 19.4. The summed E-state index contributed by atoms with van der Waals surface area (Å²) in [5.74, 6) is 0.0757. The van der Waals surface area contributed by atoms with E-state index in [1.165, 1.54) is 18.0 Å². The number of likely N-dealkylation sites (tertiary alicyclic amines) is 1. The van der Waals surface area contributed by atoms with Crippen molar-refractivity contribution in [2.75, 3.05) is 24.5 Å². The van der Waals surface area contributed by atoms with Gasteiger partial charge in [0.05, 0.1) is 23.6 Å². The fraction of sp³-hybridized carbons (Fsp3) is 0.393. The first kappa shape index (κ1) is 24.4. The number of nitrogens with zero attached hydrogens (tertiary/aromatic N) is 4. The molecular weight excluding hydrogens is 465 g/mol. The standard InChI is InChI=1S/C28H29F3N4O/c1-19-15-35(25-13-32-18-33-14-25)17-23-12-22(4-5-26(19)23)27(36)11-20-8-21(16-34-6-2-3-7-34)10-24(9-20)28(29,30)31/h4-5,8-10,12-14,18-19H,2-3,6-7,11,15-17H2,1H3. The molecule has 3 heterocycles. The van der Waals surface area contributed by atoms with Crippen LogP contribution in [0.15, 0.2) is 55.1 Å². The van der Waals surface area contributed by atoms with Crippen LogP contribution in [-0.2, 0) is 25.7 Å². The summed E-state index contributed by atoms with van der Waals surface area (Å²) in [6, 6.07) is 9.76. The minimum atomic E-state index is -4.45. The number of Topliss-reactive ketones (excluding diaryl/α,β-unsaturated/α-hetero) is 1. The van der Waals surface area contributed by atoms with E-state index in [2.05, 4.69) is 26.7 Å². The average molecular weight is 495 g/mol. The van der Waals surface area contributed by atoms with Gasteiger partial charge in [0.1, 0.15) is 6.33 Å². The largest absolute Gasteiger partial charge is 0.416 e. The van der Waals surface area contributed by atoms with Crippen molar-refractivity contribution in [3.63, 3.8) is 0 Å². The number of alkyl halides is 3. The van der Waals surface area contributed by atoms with E-state index >= 15 is 0 Å². The summed E-state index contributed by atoms with van der Waals surface area (Å²) < 4.78 is 40.8. The molecule has 0 saturated carbocycles. The van der Waals surface area contributed by atoms with E-state index in [0.29, 0.717) is 29.8 Å². The molecule has 1 unspecified atom stereocenters. The molecule has 188 valence electrons. The number of hydrogen-bond donors (Lipinski definition) is 0. The van der Waals surface area contributed by atoms with Crippen LogP contribution in [0.25, 0.3) is 0 Å². The molecule has 36 heavy (non-hydrogen) atoms. The van der Waals surface area contributed by atoms with Crippen LogP contribution in [0.4, 0.5) is 18.9 Å². The third kappa shape index (κ3) is 5.43. The number of aromatic nitrogens is 2. The number of fused-ring (bicyclic) bond motifs is 1. The number of anilines is 1. The lowest BCUT2D eigenvalue weighted by atomic mass is 9.88. The zero-order valence-corrected chi connectivity index (χ0v) is 20.3. The summed E-state index contributed by atoms with van der Waals surface area (Å²) in [6.45, 7) is 5.84. The Morgan fingerprint density at radius 2 is 1.75 bits per heavy atom. The van der Waals surface area contributed by atoms with Gasteiger partial charge in [0.15, 0.2) is 5.78 Å². The molecule has 2 aromatic carbocycles. The highest BCUT2D eigenvalue weighted by Crippen LogP contribution is 2.33. The van der Waals surface area contributed by atoms with Gasteiger partial charge < -0.3 is 4.90 Å². The second kappa shape index (κ2) is 10.0. The van der Waals surface area contributed by atoms with Gasteiger partial charge in [-0.1, -0.05) is 25.1 Å². The summed E-state index contributed by atoms with van der Waals surface area (Å²) in [7, 11) is 0. The molecule has 0 bridgehead atoms. The molecule has 1 fully saturated rings. The molecule has 0 spiro atoms. The van der Waals surface area contributed by atoms with Crippen LogP contribution in [-0.4, -0.2) is 40.3 Å². The van der Waals surface area contributed by atoms with Crippen LogP contribution in [0.2, 0.25) is 0 Å². The number of halogens is 3. The lowest BCUT2D eigenvalue weighted by Crippen LogP contribution is -2.33. The first-order valence-electron chi connectivity index (χ1n) is 12.3. The van der Waals surface area contributed by atoms with Crippen LogP contribution in [0.3, 0.4) is 0 Å². The van der Waals surface area contributed by atoms with Gasteiger partial charge in [-0.3, -0.25) is 9.69 Å². The van der Waals surface area contributed by atoms with Gasteiger partial charge in [-0.15, -0.1) is 0 Å². The third-order valence-corrected chi connectivity index (χ3v) is 7.11. The van der Waals surface area contributed by atoms with Crippen molar-refractivity contribution in [1.29, 1.82) is 0 Å². The fourth-order valence-electron chi connectivity index (χ4n) is 5.35. The zero-order valence-electron chi connectivity index (χ0n) is 20.3. The van der Waals surface area contributed by atoms with Gasteiger partial charge in [-0.05, 0) is 72.3 Å². The minimum absolute atomic E-state index is 0.0680. The Labute approximate surface area is 209 Å². The van der Waals surface area contributed by atoms with Crippen LogP contribution < -0.4 is 4.90 Å². The number of ketones is 1. The lowest BCUT2D eigenvalue weighted by molar-refractivity contribution is -0.137. The van der Waals surface area contributed by atoms with E-state index in [0.717, 1.165) is 49.8 Å². The number of benzene rings is 2. The predicted octanol–water partition coefficient (Wildman–Crippen LogP) is 5.64. The van der Waals surface area contributed by atoms with Gasteiger partial charge in [0.25, 0.3) is 0 Å². The Morgan fingerprint density at radius 3 is 2.47 bits per heavy atom. The van der Waals surface area contributed by atoms with Crippen LogP contribution >= 0.6 is 0 Å². The molecule has 2 aliphatic rings. The van der Waals surface area contributed by atoms with E-state index in [1.807, 2.05) is 12.1 Å². The van der Waals surface area contributed by atoms with Gasteiger partial charge in [0.2, 0.25) is 0 Å². The van der Waals surface area contributed by atoms with E-state index in [-0.39, 0.29) is 18.1 Å². The van der Waals surface area contributed by atoms with Gasteiger partial charge in [0, 0.05) is 31.6 Å². The first-order valence-corrected chi connectivity index (χ1v) is 12.3. The molecule has 0 N–H and O–H groups in total. The van der Waals surface area contributed by atoms with E-state index < -0.39 is 11.7 Å². The van der Waals surface area contributed by atoms with E-state index in [9.17, 15) is 18.0 Å². The van der Waals surface area contributed by atoms with Crippen molar-refractivity contribution >= 4 is 11.5 Å². The van der Waals surface area contributed by atoms with Crippen LogP contribution in [0.1, 0.15) is 63.9 Å². The summed E-state index contributed by atoms with van der Waals surface area (Å²) in [6.07, 6.45) is 2.64. The minimum Gasteiger partial charge on any atom is -0.364 e. The highest BCUT2D eigenvalue weighted by Gasteiger charge is 2.32. The van der Waals surface area contributed by atoms with Crippen molar-refractivity contribution in [3.8, 4) is 0 Å². The second-order valence-electron chi connectivity index (χ2n) is 9.91. The van der Waals surface area contributed by atoms with Crippen molar-refractivity contribution in [2.45, 2.75) is 51.4 Å². The summed E-state index contributed by atoms with van der Waals surface area (Å²) in [5.41, 5.74) is 3.98.